The number of rotatable bonds is 8. The molecular weight excluding hydrogens is 272 g/mol. The lowest BCUT2D eigenvalue weighted by Crippen LogP contribution is -2.22. The lowest BCUT2D eigenvalue weighted by molar-refractivity contribution is -0.384. The van der Waals surface area contributed by atoms with Gasteiger partial charge < -0.3 is 10.4 Å². The van der Waals surface area contributed by atoms with E-state index in [1.54, 1.807) is 18.2 Å². The van der Waals surface area contributed by atoms with Crippen molar-refractivity contribution < 1.29 is 14.8 Å². The van der Waals surface area contributed by atoms with Gasteiger partial charge in [0.05, 0.1) is 4.92 Å². The number of carbonyl (C=O) groups excluding carboxylic acids is 1. The Kier molecular flexibility index (Phi) is 7.11. The van der Waals surface area contributed by atoms with E-state index in [0.717, 1.165) is 12.8 Å². The Morgan fingerprint density at radius 2 is 2.29 bits per heavy atom. The number of amides is 1. The summed E-state index contributed by atoms with van der Waals surface area (Å²) in [6.07, 6.45) is 4.55. The first kappa shape index (κ1) is 16.8. The average molecular weight is 292 g/mol. The smallest absolute Gasteiger partial charge is 0.270 e. The van der Waals surface area contributed by atoms with Crippen LogP contribution in [0.1, 0.15) is 25.3 Å². The molecule has 6 heteroatoms. The normalized spacial score (nSPS) is 12.3. The van der Waals surface area contributed by atoms with Gasteiger partial charge in [0.2, 0.25) is 5.91 Å². The molecule has 0 aliphatic heterocycles. The van der Waals surface area contributed by atoms with E-state index in [1.807, 2.05) is 6.92 Å². The molecule has 1 aromatic rings. The molecule has 0 spiro atoms. The Labute approximate surface area is 123 Å². The van der Waals surface area contributed by atoms with Gasteiger partial charge in [0.15, 0.2) is 0 Å². The third kappa shape index (κ3) is 6.67. The second-order valence-corrected chi connectivity index (χ2v) is 4.91. The van der Waals surface area contributed by atoms with Crippen molar-refractivity contribution in [3.8, 4) is 0 Å². The minimum Gasteiger partial charge on any atom is -0.396 e. The van der Waals surface area contributed by atoms with Crippen molar-refractivity contribution in [2.75, 3.05) is 13.2 Å². The van der Waals surface area contributed by atoms with Crippen LogP contribution in [0, 0.1) is 16.0 Å². The molecule has 0 aliphatic rings. The van der Waals surface area contributed by atoms with Gasteiger partial charge in [-0.15, -0.1) is 0 Å². The first-order chi connectivity index (χ1) is 10.0. The number of nitrogens with zero attached hydrogens (tertiary/aromatic N) is 1. The average Bonchev–Trinajstić information content (AvgIpc) is 2.49. The molecule has 21 heavy (non-hydrogen) atoms. The van der Waals surface area contributed by atoms with E-state index >= 15 is 0 Å². The van der Waals surface area contributed by atoms with Crippen molar-refractivity contribution in [3.63, 3.8) is 0 Å². The summed E-state index contributed by atoms with van der Waals surface area (Å²) < 4.78 is 0. The molecule has 0 heterocycles. The van der Waals surface area contributed by atoms with Gasteiger partial charge in [-0.2, -0.15) is 0 Å². The molecule has 1 aromatic carbocycles. The van der Waals surface area contributed by atoms with Crippen molar-refractivity contribution in [1.29, 1.82) is 0 Å². The number of nitro groups is 1. The summed E-state index contributed by atoms with van der Waals surface area (Å²) in [6.45, 7) is 2.65. The lowest BCUT2D eigenvalue weighted by atomic mass is 10.1. The number of nitrogens with one attached hydrogen (secondary N) is 1. The first-order valence-corrected chi connectivity index (χ1v) is 6.84. The standard InChI is InChI=1S/C15H20N2O4/c1-12(11-18)4-3-9-16-15(19)8-7-13-5-2-6-14(10-13)17(20)21/h2,5-8,10,12,18H,3-4,9,11H2,1H3,(H,16,19)/b8-7+. The maximum absolute atomic E-state index is 11.6. The van der Waals surface area contributed by atoms with Crippen molar-refractivity contribution in [2.24, 2.45) is 5.92 Å². The molecule has 1 rings (SSSR count). The van der Waals surface area contributed by atoms with Crippen LogP contribution in [0.15, 0.2) is 30.3 Å². The zero-order valence-corrected chi connectivity index (χ0v) is 12.0. The van der Waals surface area contributed by atoms with Crippen molar-refractivity contribution in [2.45, 2.75) is 19.8 Å². The number of aliphatic hydroxyl groups is 1. The highest BCUT2D eigenvalue weighted by atomic mass is 16.6. The molecule has 0 fully saturated rings. The quantitative estimate of drug-likeness (QED) is 0.332. The molecule has 1 unspecified atom stereocenters. The molecule has 0 aliphatic carbocycles. The van der Waals surface area contributed by atoms with Gasteiger partial charge in [0.25, 0.3) is 5.69 Å². The maximum Gasteiger partial charge on any atom is 0.270 e. The van der Waals surface area contributed by atoms with Crippen molar-refractivity contribution in [3.05, 3.63) is 46.0 Å². The van der Waals surface area contributed by atoms with Gasteiger partial charge in [0.1, 0.15) is 0 Å². The molecule has 1 amide bonds. The van der Waals surface area contributed by atoms with Gasteiger partial charge in [-0.25, -0.2) is 0 Å². The van der Waals surface area contributed by atoms with E-state index in [0.29, 0.717) is 12.1 Å². The molecule has 1 atom stereocenters. The summed E-state index contributed by atoms with van der Waals surface area (Å²) in [4.78, 5) is 21.7. The number of non-ortho nitro benzene ring substituents is 1. The second kappa shape index (κ2) is 8.86. The maximum atomic E-state index is 11.6. The highest BCUT2D eigenvalue weighted by molar-refractivity contribution is 5.91. The molecule has 0 saturated heterocycles. The number of hydrogen-bond acceptors (Lipinski definition) is 4. The molecule has 0 radical (unpaired) electrons. The Bertz CT molecular complexity index is 514. The van der Waals surface area contributed by atoms with Gasteiger partial charge in [-0.3, -0.25) is 14.9 Å². The highest BCUT2D eigenvalue weighted by Crippen LogP contribution is 2.13. The van der Waals surface area contributed by atoms with Crippen LogP contribution in [0.4, 0.5) is 5.69 Å². The molecule has 0 saturated carbocycles. The predicted octanol–water partition coefficient (Wildman–Crippen LogP) is 2.13. The van der Waals surface area contributed by atoms with Crippen LogP contribution < -0.4 is 5.32 Å². The second-order valence-electron chi connectivity index (χ2n) is 4.91. The van der Waals surface area contributed by atoms with Gasteiger partial charge >= 0.3 is 0 Å². The fraction of sp³-hybridized carbons (Fsp3) is 0.400. The van der Waals surface area contributed by atoms with E-state index < -0.39 is 4.92 Å². The van der Waals surface area contributed by atoms with Crippen LogP contribution in [0.2, 0.25) is 0 Å². The molecule has 0 aromatic heterocycles. The minimum absolute atomic E-state index is 0.00412. The monoisotopic (exact) mass is 292 g/mol. The number of benzene rings is 1. The lowest BCUT2D eigenvalue weighted by Gasteiger charge is -2.07. The first-order valence-electron chi connectivity index (χ1n) is 6.84. The fourth-order valence-corrected chi connectivity index (χ4v) is 1.73. The van der Waals surface area contributed by atoms with Crippen LogP contribution in [-0.4, -0.2) is 29.1 Å². The molecular formula is C15H20N2O4. The third-order valence-electron chi connectivity index (χ3n) is 2.99. The topological polar surface area (TPSA) is 92.5 Å². The third-order valence-corrected chi connectivity index (χ3v) is 2.99. The van der Waals surface area contributed by atoms with Crippen molar-refractivity contribution >= 4 is 17.7 Å². The van der Waals surface area contributed by atoms with Gasteiger partial charge in [-0.1, -0.05) is 19.1 Å². The van der Waals surface area contributed by atoms with E-state index in [-0.39, 0.29) is 24.1 Å². The summed E-state index contributed by atoms with van der Waals surface area (Å²) in [5.74, 6) is 0.000435. The number of hydrogen-bond donors (Lipinski definition) is 2. The van der Waals surface area contributed by atoms with E-state index in [9.17, 15) is 14.9 Å². The summed E-state index contributed by atoms with van der Waals surface area (Å²) in [5, 5.41) is 22.2. The van der Waals surface area contributed by atoms with Crippen molar-refractivity contribution in [1.82, 2.24) is 5.32 Å². The largest absolute Gasteiger partial charge is 0.396 e. The van der Waals surface area contributed by atoms with E-state index in [4.69, 9.17) is 5.11 Å². The van der Waals surface area contributed by atoms with Crippen LogP contribution in [0.25, 0.3) is 6.08 Å². The SMILES string of the molecule is CC(CO)CCCNC(=O)/C=C/c1cccc([N+](=O)[O-])c1. The zero-order valence-electron chi connectivity index (χ0n) is 12.0. The zero-order chi connectivity index (χ0) is 15.7. The van der Waals surface area contributed by atoms with E-state index in [1.165, 1.54) is 18.2 Å². The Morgan fingerprint density at radius 1 is 1.52 bits per heavy atom. The highest BCUT2D eigenvalue weighted by Gasteiger charge is 2.04. The summed E-state index contributed by atoms with van der Waals surface area (Å²) >= 11 is 0. The summed E-state index contributed by atoms with van der Waals surface area (Å²) in [7, 11) is 0. The van der Waals surface area contributed by atoms with E-state index in [2.05, 4.69) is 5.32 Å². The minimum atomic E-state index is -0.472. The van der Waals surface area contributed by atoms with Crippen LogP contribution in [-0.2, 0) is 4.79 Å². The fourth-order valence-electron chi connectivity index (χ4n) is 1.73. The molecule has 2 N–H and O–H groups in total. The number of carbonyl (C=O) groups is 1. The van der Waals surface area contributed by atoms with Gasteiger partial charge in [-0.05, 0) is 30.4 Å². The molecule has 114 valence electrons. The van der Waals surface area contributed by atoms with Crippen LogP contribution >= 0.6 is 0 Å². The Hall–Kier alpha value is -2.21. The molecule has 0 bridgehead atoms. The predicted molar refractivity (Wildman–Crippen MR) is 80.6 cm³/mol. The van der Waals surface area contributed by atoms with Crippen LogP contribution in [0.5, 0.6) is 0 Å². The number of aliphatic hydroxyl groups excluding tert-OH is 1. The summed E-state index contributed by atoms with van der Waals surface area (Å²) in [6, 6.07) is 6.08. The van der Waals surface area contributed by atoms with Crippen LogP contribution in [0.3, 0.4) is 0 Å². The summed E-state index contributed by atoms with van der Waals surface area (Å²) in [5.41, 5.74) is 0.601. The number of nitro benzene ring substituents is 1. The Balaban J connectivity index is 2.40. The molecule has 6 nitrogen and oxygen atoms in total. The Morgan fingerprint density at radius 3 is 2.95 bits per heavy atom. The van der Waals surface area contributed by atoms with Gasteiger partial charge in [0, 0.05) is 31.4 Å².